The summed E-state index contributed by atoms with van der Waals surface area (Å²) in [7, 11) is 1.45. The highest BCUT2D eigenvalue weighted by Gasteiger charge is 2.37. The molecule has 5 N–H and O–H groups in total. The van der Waals surface area contributed by atoms with Crippen LogP contribution in [0, 0.1) is 0 Å². The Bertz CT molecular complexity index is 628. The van der Waals surface area contributed by atoms with Gasteiger partial charge in [-0.3, -0.25) is 9.79 Å². The number of amides is 2. The average molecular weight is 381 g/mol. The predicted molar refractivity (Wildman–Crippen MR) is 104 cm³/mol. The van der Waals surface area contributed by atoms with Gasteiger partial charge in [0.25, 0.3) is 5.91 Å². The second kappa shape index (κ2) is 8.90. The summed E-state index contributed by atoms with van der Waals surface area (Å²) >= 11 is 0. The Morgan fingerprint density at radius 3 is 2.33 bits per heavy atom. The van der Waals surface area contributed by atoms with Crippen LogP contribution in [0.1, 0.15) is 33.6 Å². The van der Waals surface area contributed by atoms with Crippen molar-refractivity contribution in [3.63, 3.8) is 0 Å². The van der Waals surface area contributed by atoms with E-state index in [1.165, 1.54) is 18.1 Å². The average Bonchev–Trinajstić information content (AvgIpc) is 2.59. The Kier molecular flexibility index (Phi) is 7.41. The van der Waals surface area contributed by atoms with Crippen molar-refractivity contribution in [2.24, 2.45) is 16.5 Å². The van der Waals surface area contributed by atoms with Crippen molar-refractivity contribution in [1.29, 1.82) is 0 Å². The summed E-state index contributed by atoms with van der Waals surface area (Å²) in [6, 6.07) is 0. The van der Waals surface area contributed by atoms with Gasteiger partial charge in [0.15, 0.2) is 0 Å². The minimum Gasteiger partial charge on any atom is -0.444 e. The third kappa shape index (κ3) is 6.28. The lowest BCUT2D eigenvalue weighted by Crippen LogP contribution is -2.53. The van der Waals surface area contributed by atoms with Crippen LogP contribution in [-0.2, 0) is 9.53 Å². The molecule has 1 aliphatic rings. The highest BCUT2D eigenvalue weighted by Crippen LogP contribution is 2.25. The molecule has 9 nitrogen and oxygen atoms in total. The number of aliphatic imine (C=N–C) groups is 1. The van der Waals surface area contributed by atoms with Crippen molar-refractivity contribution < 1.29 is 19.4 Å². The minimum absolute atomic E-state index is 0.00100. The van der Waals surface area contributed by atoms with E-state index in [1.807, 2.05) is 0 Å². The normalized spacial score (nSPS) is 18.0. The number of likely N-dealkylation sites (tertiary alicyclic amines) is 1. The van der Waals surface area contributed by atoms with E-state index in [1.54, 1.807) is 25.7 Å². The summed E-state index contributed by atoms with van der Waals surface area (Å²) in [5.41, 5.74) is 9.46. The molecular formula is C18H31N5O4. The standard InChI is InChI=1S/C18H31N5O4/c1-6-22(15(24)13(11-19)14(20)21-5)12-18(26)7-9-23(10-8-18)16(25)27-17(2,3)4/h6,11,26H,1,7-10,12,19H2,2-5H3,(H2,20,21). The zero-order chi connectivity index (χ0) is 20.8. The van der Waals surface area contributed by atoms with Crippen LogP contribution in [-0.4, -0.2) is 70.6 Å². The summed E-state index contributed by atoms with van der Waals surface area (Å²) in [6.45, 7) is 9.67. The SMILES string of the molecule is C=CN(CC1(O)CCN(C(=O)OC(C)(C)C)CC1)C(=O)C(=CN)C(N)=NC. The largest absolute Gasteiger partial charge is 0.444 e. The van der Waals surface area contributed by atoms with Crippen LogP contribution >= 0.6 is 0 Å². The molecule has 0 spiro atoms. The predicted octanol–water partition coefficient (Wildman–Crippen LogP) is 0.550. The molecule has 0 aromatic heterocycles. The molecule has 0 atom stereocenters. The number of amidine groups is 1. The summed E-state index contributed by atoms with van der Waals surface area (Å²) in [6.07, 6.45) is 2.57. The molecule has 0 unspecified atom stereocenters. The number of rotatable bonds is 5. The van der Waals surface area contributed by atoms with Gasteiger partial charge in [-0.15, -0.1) is 0 Å². The molecule has 0 bridgehead atoms. The third-order valence-electron chi connectivity index (χ3n) is 4.21. The molecule has 1 saturated heterocycles. The summed E-state index contributed by atoms with van der Waals surface area (Å²) in [4.78, 5) is 31.3. The van der Waals surface area contributed by atoms with E-state index in [-0.39, 0.29) is 18.0 Å². The number of carbonyl (C=O) groups is 2. The zero-order valence-corrected chi connectivity index (χ0v) is 16.6. The monoisotopic (exact) mass is 381 g/mol. The number of hydrogen-bond donors (Lipinski definition) is 3. The van der Waals surface area contributed by atoms with E-state index in [0.717, 1.165) is 6.20 Å². The van der Waals surface area contributed by atoms with E-state index in [2.05, 4.69) is 11.6 Å². The van der Waals surface area contributed by atoms with E-state index in [9.17, 15) is 14.7 Å². The Morgan fingerprint density at radius 2 is 1.93 bits per heavy atom. The van der Waals surface area contributed by atoms with Crippen molar-refractivity contribution in [3.8, 4) is 0 Å². The number of piperidine rings is 1. The van der Waals surface area contributed by atoms with Crippen molar-refractivity contribution in [2.45, 2.75) is 44.8 Å². The lowest BCUT2D eigenvalue weighted by atomic mass is 9.90. The third-order valence-corrected chi connectivity index (χ3v) is 4.21. The maximum atomic E-state index is 12.6. The Balaban J connectivity index is 2.77. The molecule has 1 aliphatic heterocycles. The minimum atomic E-state index is -1.17. The molecule has 9 heteroatoms. The molecule has 1 rings (SSSR count). The molecule has 27 heavy (non-hydrogen) atoms. The number of nitrogens with zero attached hydrogens (tertiary/aromatic N) is 3. The van der Waals surface area contributed by atoms with Gasteiger partial charge in [0, 0.05) is 32.5 Å². The maximum Gasteiger partial charge on any atom is 0.410 e. The lowest BCUT2D eigenvalue weighted by Gasteiger charge is -2.40. The van der Waals surface area contributed by atoms with Gasteiger partial charge in [-0.25, -0.2) is 4.79 Å². The summed E-state index contributed by atoms with van der Waals surface area (Å²) in [5, 5.41) is 10.9. The van der Waals surface area contributed by atoms with E-state index >= 15 is 0 Å². The molecule has 152 valence electrons. The second-order valence-corrected chi connectivity index (χ2v) is 7.50. The molecule has 1 fully saturated rings. The number of ether oxygens (including phenoxy) is 1. The van der Waals surface area contributed by atoms with Crippen molar-refractivity contribution >= 4 is 17.8 Å². The molecule has 2 amide bonds. The molecule has 0 aromatic rings. The van der Waals surface area contributed by atoms with Crippen LogP contribution in [0.4, 0.5) is 4.79 Å². The van der Waals surface area contributed by atoms with Gasteiger partial charge in [0.05, 0.1) is 17.7 Å². The number of carbonyl (C=O) groups excluding carboxylic acids is 2. The molecule has 0 radical (unpaired) electrons. The van der Waals surface area contributed by atoms with E-state index < -0.39 is 23.2 Å². The van der Waals surface area contributed by atoms with Gasteiger partial charge in [-0.2, -0.15) is 0 Å². The summed E-state index contributed by atoms with van der Waals surface area (Å²) in [5.74, 6) is -0.500. The van der Waals surface area contributed by atoms with E-state index in [0.29, 0.717) is 25.9 Å². The van der Waals surface area contributed by atoms with Crippen LogP contribution in [0.25, 0.3) is 0 Å². The summed E-state index contributed by atoms with van der Waals surface area (Å²) < 4.78 is 5.35. The first-order valence-corrected chi connectivity index (χ1v) is 8.74. The van der Waals surface area contributed by atoms with Crippen LogP contribution < -0.4 is 11.5 Å². The fourth-order valence-electron chi connectivity index (χ4n) is 2.67. The van der Waals surface area contributed by atoms with Gasteiger partial charge < -0.3 is 31.1 Å². The highest BCUT2D eigenvalue weighted by atomic mass is 16.6. The van der Waals surface area contributed by atoms with Gasteiger partial charge in [-0.05, 0) is 33.6 Å². The van der Waals surface area contributed by atoms with Crippen molar-refractivity contribution in [1.82, 2.24) is 9.80 Å². The Hall–Kier alpha value is -2.55. The fourth-order valence-corrected chi connectivity index (χ4v) is 2.67. The molecule has 1 heterocycles. The molecule has 0 aliphatic carbocycles. The van der Waals surface area contributed by atoms with Crippen molar-refractivity contribution in [2.75, 3.05) is 26.7 Å². The zero-order valence-electron chi connectivity index (χ0n) is 16.6. The van der Waals surface area contributed by atoms with Gasteiger partial charge >= 0.3 is 6.09 Å². The maximum absolute atomic E-state index is 12.6. The van der Waals surface area contributed by atoms with Crippen LogP contribution in [0.5, 0.6) is 0 Å². The molecule has 0 aromatic carbocycles. The first-order chi connectivity index (χ1) is 12.5. The quantitative estimate of drug-likeness (QED) is 0.362. The molecule has 0 saturated carbocycles. The van der Waals surface area contributed by atoms with Gasteiger partial charge in [0.2, 0.25) is 0 Å². The Morgan fingerprint density at radius 1 is 1.37 bits per heavy atom. The topological polar surface area (TPSA) is 134 Å². The number of aliphatic hydroxyl groups is 1. The van der Waals surface area contributed by atoms with Crippen LogP contribution in [0.3, 0.4) is 0 Å². The van der Waals surface area contributed by atoms with E-state index in [4.69, 9.17) is 16.2 Å². The van der Waals surface area contributed by atoms with Gasteiger partial charge in [-0.1, -0.05) is 6.58 Å². The smallest absolute Gasteiger partial charge is 0.410 e. The molecular weight excluding hydrogens is 350 g/mol. The highest BCUT2D eigenvalue weighted by molar-refractivity contribution is 6.20. The van der Waals surface area contributed by atoms with Gasteiger partial charge in [0.1, 0.15) is 11.4 Å². The number of nitrogens with two attached hydrogens (primary N) is 2. The first kappa shape index (κ1) is 22.5. The lowest BCUT2D eigenvalue weighted by molar-refractivity contribution is -0.128. The van der Waals surface area contributed by atoms with Crippen LogP contribution in [0.2, 0.25) is 0 Å². The number of hydrogen-bond acceptors (Lipinski definition) is 6. The van der Waals surface area contributed by atoms with Crippen LogP contribution in [0.15, 0.2) is 29.5 Å². The first-order valence-electron chi connectivity index (χ1n) is 8.74. The second-order valence-electron chi connectivity index (χ2n) is 7.50. The Labute approximate surface area is 160 Å². The van der Waals surface area contributed by atoms with Crippen molar-refractivity contribution in [3.05, 3.63) is 24.6 Å². The fraction of sp³-hybridized carbons (Fsp3) is 0.611.